The van der Waals surface area contributed by atoms with Crippen LogP contribution in [0.15, 0.2) is 0 Å². The third-order valence-electron chi connectivity index (χ3n) is 4.66. The molecule has 0 bridgehead atoms. The fraction of sp³-hybridized carbons (Fsp3) is 0.867. The molecule has 1 aliphatic heterocycles. The first-order valence-corrected chi connectivity index (χ1v) is 7.88. The van der Waals surface area contributed by atoms with Gasteiger partial charge in [0.2, 0.25) is 11.8 Å². The molecule has 0 radical (unpaired) electrons. The van der Waals surface area contributed by atoms with Gasteiger partial charge in [0.15, 0.2) is 0 Å². The molecule has 3 unspecified atom stereocenters. The molecule has 5 nitrogen and oxygen atoms in total. The molecule has 2 amide bonds. The van der Waals surface area contributed by atoms with E-state index in [1.807, 2.05) is 0 Å². The van der Waals surface area contributed by atoms with Gasteiger partial charge in [0.05, 0.1) is 0 Å². The molecule has 20 heavy (non-hydrogen) atoms. The summed E-state index contributed by atoms with van der Waals surface area (Å²) in [6, 6.07) is -0.0174. The second-order valence-electron chi connectivity index (χ2n) is 6.21. The third-order valence-corrected chi connectivity index (χ3v) is 4.66. The van der Waals surface area contributed by atoms with Gasteiger partial charge in [-0.15, -0.1) is 0 Å². The number of carbonyl (C=O) groups excluding carboxylic acids is 2. The van der Waals surface area contributed by atoms with Crippen molar-refractivity contribution in [1.29, 1.82) is 0 Å². The molecule has 2 rings (SSSR count). The second kappa shape index (κ2) is 7.07. The Kier molecular flexibility index (Phi) is 5.40. The topological polar surface area (TPSA) is 75.4 Å². The normalized spacial score (nSPS) is 30.9. The molecule has 0 spiro atoms. The van der Waals surface area contributed by atoms with E-state index in [-0.39, 0.29) is 23.9 Å². The molecular formula is C15H27N3O2. The molecule has 1 aliphatic carbocycles. The maximum absolute atomic E-state index is 12.5. The molecular weight excluding hydrogens is 254 g/mol. The van der Waals surface area contributed by atoms with E-state index in [2.05, 4.69) is 5.32 Å². The zero-order chi connectivity index (χ0) is 14.5. The largest absolute Gasteiger partial charge is 0.357 e. The quantitative estimate of drug-likeness (QED) is 0.811. The van der Waals surface area contributed by atoms with Crippen LogP contribution in [-0.4, -0.2) is 42.4 Å². The van der Waals surface area contributed by atoms with E-state index in [9.17, 15) is 9.59 Å². The molecule has 3 atom stereocenters. The number of hydrogen-bond donors (Lipinski definition) is 2. The number of hydrogen-bond acceptors (Lipinski definition) is 3. The van der Waals surface area contributed by atoms with E-state index >= 15 is 0 Å². The number of nitrogens with one attached hydrogen (secondary N) is 1. The predicted octanol–water partition coefficient (Wildman–Crippen LogP) is 1.02. The van der Waals surface area contributed by atoms with Crippen molar-refractivity contribution in [2.24, 2.45) is 11.7 Å². The molecule has 1 saturated carbocycles. The summed E-state index contributed by atoms with van der Waals surface area (Å²) in [6.45, 7) is 0.718. The van der Waals surface area contributed by atoms with Crippen LogP contribution >= 0.6 is 0 Å². The molecule has 2 aliphatic rings. The highest BCUT2D eigenvalue weighted by Gasteiger charge is 2.33. The minimum Gasteiger partial charge on any atom is -0.357 e. The van der Waals surface area contributed by atoms with E-state index in [4.69, 9.17) is 5.73 Å². The highest BCUT2D eigenvalue weighted by atomic mass is 16.2. The van der Waals surface area contributed by atoms with Crippen molar-refractivity contribution in [3.63, 3.8) is 0 Å². The van der Waals surface area contributed by atoms with E-state index in [1.165, 1.54) is 0 Å². The average Bonchev–Trinajstić information content (AvgIpc) is 2.46. The molecule has 2 fully saturated rings. The van der Waals surface area contributed by atoms with Crippen LogP contribution in [0.5, 0.6) is 0 Å². The van der Waals surface area contributed by atoms with Crippen molar-refractivity contribution in [3.8, 4) is 0 Å². The standard InChI is InChI=1S/C15H27N3O2/c1-17-15(20)13-7-2-3-8-18(13)14(19)10-11-5-4-6-12(16)9-11/h11-13H,2-10,16H2,1H3,(H,17,20). The van der Waals surface area contributed by atoms with Gasteiger partial charge < -0.3 is 16.0 Å². The average molecular weight is 281 g/mol. The summed E-state index contributed by atoms with van der Waals surface area (Å²) in [5.74, 6) is 0.509. The first-order chi connectivity index (χ1) is 9.61. The molecule has 1 heterocycles. The Morgan fingerprint density at radius 2 is 2.00 bits per heavy atom. The fourth-order valence-corrected chi connectivity index (χ4v) is 3.55. The maximum atomic E-state index is 12.5. The summed E-state index contributed by atoms with van der Waals surface area (Å²) in [6.07, 6.45) is 7.62. The van der Waals surface area contributed by atoms with Gasteiger partial charge in [-0.2, -0.15) is 0 Å². The highest BCUT2D eigenvalue weighted by Crippen LogP contribution is 2.28. The van der Waals surface area contributed by atoms with E-state index in [1.54, 1.807) is 11.9 Å². The molecule has 1 saturated heterocycles. The minimum absolute atomic E-state index is 0.0293. The summed E-state index contributed by atoms with van der Waals surface area (Å²) in [5.41, 5.74) is 5.99. The van der Waals surface area contributed by atoms with Crippen molar-refractivity contribution >= 4 is 11.8 Å². The number of carbonyl (C=O) groups is 2. The molecule has 5 heteroatoms. The van der Waals surface area contributed by atoms with Gasteiger partial charge in [-0.25, -0.2) is 0 Å². The van der Waals surface area contributed by atoms with Crippen LogP contribution in [0.1, 0.15) is 51.4 Å². The Morgan fingerprint density at radius 1 is 1.20 bits per heavy atom. The third kappa shape index (κ3) is 3.72. The van der Waals surface area contributed by atoms with Crippen molar-refractivity contribution in [3.05, 3.63) is 0 Å². The van der Waals surface area contributed by atoms with Crippen LogP contribution in [0.4, 0.5) is 0 Å². The lowest BCUT2D eigenvalue weighted by molar-refractivity contribution is -0.143. The van der Waals surface area contributed by atoms with Gasteiger partial charge >= 0.3 is 0 Å². The molecule has 0 aromatic heterocycles. The lowest BCUT2D eigenvalue weighted by Gasteiger charge is -2.36. The van der Waals surface area contributed by atoms with Crippen LogP contribution in [0.25, 0.3) is 0 Å². The van der Waals surface area contributed by atoms with Gasteiger partial charge in [0.1, 0.15) is 6.04 Å². The van der Waals surface area contributed by atoms with Crippen LogP contribution in [0, 0.1) is 5.92 Å². The fourth-order valence-electron chi connectivity index (χ4n) is 3.55. The lowest BCUT2D eigenvalue weighted by Crippen LogP contribution is -2.51. The summed E-state index contributed by atoms with van der Waals surface area (Å²) in [5, 5.41) is 2.68. The number of rotatable bonds is 3. The monoisotopic (exact) mass is 281 g/mol. The lowest BCUT2D eigenvalue weighted by atomic mass is 9.83. The van der Waals surface area contributed by atoms with Gasteiger partial charge in [-0.05, 0) is 44.4 Å². The number of likely N-dealkylation sites (N-methyl/N-ethyl adjacent to an activating group) is 1. The summed E-state index contributed by atoms with van der Waals surface area (Å²) in [4.78, 5) is 26.2. The Labute approximate surface area is 121 Å². The number of piperidine rings is 1. The Morgan fingerprint density at radius 3 is 2.70 bits per heavy atom. The van der Waals surface area contributed by atoms with Crippen LogP contribution in [0.2, 0.25) is 0 Å². The first kappa shape index (κ1) is 15.3. The number of amides is 2. The molecule has 3 N–H and O–H groups in total. The Hall–Kier alpha value is -1.10. The van der Waals surface area contributed by atoms with Crippen molar-refractivity contribution < 1.29 is 9.59 Å². The maximum Gasteiger partial charge on any atom is 0.242 e. The Balaban J connectivity index is 1.93. The molecule has 0 aromatic rings. The van der Waals surface area contributed by atoms with Crippen LogP contribution in [-0.2, 0) is 9.59 Å². The zero-order valence-corrected chi connectivity index (χ0v) is 12.4. The zero-order valence-electron chi connectivity index (χ0n) is 12.4. The van der Waals surface area contributed by atoms with Gasteiger partial charge in [0.25, 0.3) is 0 Å². The van der Waals surface area contributed by atoms with Crippen molar-refractivity contribution in [2.75, 3.05) is 13.6 Å². The van der Waals surface area contributed by atoms with Gasteiger partial charge in [0, 0.05) is 26.1 Å². The molecule has 114 valence electrons. The summed E-state index contributed by atoms with van der Waals surface area (Å²) < 4.78 is 0. The molecule has 0 aromatic carbocycles. The SMILES string of the molecule is CNC(=O)C1CCCCN1C(=O)CC1CCCC(N)C1. The summed E-state index contributed by atoms with van der Waals surface area (Å²) in [7, 11) is 1.64. The second-order valence-corrected chi connectivity index (χ2v) is 6.21. The number of likely N-dealkylation sites (tertiary alicyclic amines) is 1. The predicted molar refractivity (Wildman–Crippen MR) is 78.0 cm³/mol. The first-order valence-electron chi connectivity index (χ1n) is 7.88. The van der Waals surface area contributed by atoms with Crippen molar-refractivity contribution in [1.82, 2.24) is 10.2 Å². The van der Waals surface area contributed by atoms with Crippen molar-refractivity contribution in [2.45, 2.75) is 63.5 Å². The Bertz CT molecular complexity index is 359. The number of nitrogens with two attached hydrogens (primary N) is 1. The smallest absolute Gasteiger partial charge is 0.242 e. The van der Waals surface area contributed by atoms with E-state index in [0.717, 1.165) is 51.5 Å². The summed E-state index contributed by atoms with van der Waals surface area (Å²) >= 11 is 0. The van der Waals surface area contributed by atoms with Crippen LogP contribution in [0.3, 0.4) is 0 Å². The van der Waals surface area contributed by atoms with E-state index in [0.29, 0.717) is 12.3 Å². The number of nitrogens with zero attached hydrogens (tertiary/aromatic N) is 1. The minimum atomic E-state index is -0.265. The van der Waals surface area contributed by atoms with E-state index < -0.39 is 0 Å². The highest BCUT2D eigenvalue weighted by molar-refractivity contribution is 5.87. The van der Waals surface area contributed by atoms with Crippen LogP contribution < -0.4 is 11.1 Å². The van der Waals surface area contributed by atoms with Gasteiger partial charge in [-0.3, -0.25) is 9.59 Å². The van der Waals surface area contributed by atoms with Gasteiger partial charge in [-0.1, -0.05) is 6.42 Å².